The average Bonchev–Trinajstić information content (AvgIpc) is 2.68. The van der Waals surface area contributed by atoms with Crippen molar-refractivity contribution in [2.75, 3.05) is 26.0 Å². The van der Waals surface area contributed by atoms with Crippen LogP contribution in [0.1, 0.15) is 12.5 Å². The van der Waals surface area contributed by atoms with Crippen LogP contribution >= 0.6 is 11.6 Å². The highest BCUT2D eigenvalue weighted by molar-refractivity contribution is 6.32. The Morgan fingerprint density at radius 3 is 2.50 bits per heavy atom. The Labute approximate surface area is 174 Å². The number of nitrogens with zero attached hydrogens (tertiary/aromatic N) is 2. The lowest BCUT2D eigenvalue weighted by Gasteiger charge is -2.20. The molecule has 0 aromatic heterocycles. The molecule has 30 heavy (non-hydrogen) atoms. The average molecular weight is 451 g/mol. The van der Waals surface area contributed by atoms with Crippen LogP contribution in [0.5, 0.6) is 11.5 Å². The first-order valence-electron chi connectivity index (χ1n) is 8.37. The van der Waals surface area contributed by atoms with Gasteiger partial charge in [0.25, 0.3) is 5.69 Å². The van der Waals surface area contributed by atoms with Gasteiger partial charge < -0.3 is 14.2 Å². The Morgan fingerprint density at radius 1 is 1.23 bits per heavy atom. The van der Waals surface area contributed by atoms with E-state index in [1.54, 1.807) is 6.92 Å². The third kappa shape index (κ3) is 6.20. The lowest BCUT2D eigenvalue weighted by Crippen LogP contribution is -2.23. The molecule has 0 radical (unpaired) electrons. The zero-order valence-corrected chi connectivity index (χ0v) is 16.9. The molecule has 0 N–H and O–H groups in total. The SMILES string of the molecule is COC(C)OCON(C)c1cc(Oc2ccc(C(F)(F)F)cc2Cl)ccc1[N+](=O)[O-]. The van der Waals surface area contributed by atoms with Crippen molar-refractivity contribution in [2.24, 2.45) is 0 Å². The third-order valence-corrected chi connectivity index (χ3v) is 4.15. The van der Waals surface area contributed by atoms with E-state index < -0.39 is 23.0 Å². The van der Waals surface area contributed by atoms with Crippen LogP contribution in [-0.2, 0) is 20.5 Å². The van der Waals surface area contributed by atoms with Gasteiger partial charge >= 0.3 is 6.18 Å². The second kappa shape index (κ2) is 9.94. The number of hydrogen-bond acceptors (Lipinski definition) is 7. The minimum atomic E-state index is -4.55. The standard InChI is InChI=1S/C18H18ClF3N2O6/c1-11(27-3)28-10-29-23(2)16-9-13(5-6-15(16)24(25)26)30-17-7-4-12(8-14(17)19)18(20,21)22/h4-9,11H,10H2,1-3H3. The van der Waals surface area contributed by atoms with E-state index in [1.165, 1.54) is 32.4 Å². The zero-order chi connectivity index (χ0) is 22.5. The molecule has 2 aromatic carbocycles. The Kier molecular flexibility index (Phi) is 7.84. The number of rotatable bonds is 9. The summed E-state index contributed by atoms with van der Waals surface area (Å²) >= 11 is 5.88. The van der Waals surface area contributed by atoms with Crippen molar-refractivity contribution in [2.45, 2.75) is 19.4 Å². The van der Waals surface area contributed by atoms with Gasteiger partial charge in [0.15, 0.2) is 13.1 Å². The van der Waals surface area contributed by atoms with Gasteiger partial charge in [-0.1, -0.05) is 11.6 Å². The molecule has 0 aliphatic heterocycles. The normalized spacial score (nSPS) is 12.5. The van der Waals surface area contributed by atoms with Crippen molar-refractivity contribution in [1.29, 1.82) is 0 Å². The highest BCUT2D eigenvalue weighted by Gasteiger charge is 2.31. The van der Waals surface area contributed by atoms with E-state index in [0.29, 0.717) is 0 Å². The first-order chi connectivity index (χ1) is 14.0. The van der Waals surface area contributed by atoms with Gasteiger partial charge in [0, 0.05) is 26.3 Å². The van der Waals surface area contributed by atoms with E-state index in [9.17, 15) is 23.3 Å². The highest BCUT2D eigenvalue weighted by atomic mass is 35.5. The van der Waals surface area contributed by atoms with Crippen LogP contribution in [0.3, 0.4) is 0 Å². The van der Waals surface area contributed by atoms with Crippen LogP contribution in [-0.4, -0.2) is 32.2 Å². The van der Waals surface area contributed by atoms with E-state index in [4.69, 9.17) is 30.6 Å². The molecule has 0 spiro atoms. The summed E-state index contributed by atoms with van der Waals surface area (Å²) in [5.74, 6) is 0.0455. The van der Waals surface area contributed by atoms with Gasteiger partial charge in [0.2, 0.25) is 0 Å². The fourth-order valence-corrected chi connectivity index (χ4v) is 2.42. The summed E-state index contributed by atoms with van der Waals surface area (Å²) < 4.78 is 53.9. The Balaban J connectivity index is 2.24. The molecule has 0 aliphatic carbocycles. The van der Waals surface area contributed by atoms with Crippen molar-refractivity contribution < 1.29 is 37.1 Å². The number of ether oxygens (including phenoxy) is 3. The molecule has 8 nitrogen and oxygen atoms in total. The van der Waals surface area contributed by atoms with Crippen molar-refractivity contribution in [1.82, 2.24) is 0 Å². The highest BCUT2D eigenvalue weighted by Crippen LogP contribution is 2.38. The van der Waals surface area contributed by atoms with E-state index in [2.05, 4.69) is 0 Å². The van der Waals surface area contributed by atoms with Gasteiger partial charge in [0.05, 0.1) is 15.5 Å². The second-order valence-corrected chi connectivity index (χ2v) is 6.27. The van der Waals surface area contributed by atoms with Crippen molar-refractivity contribution in [3.05, 3.63) is 57.1 Å². The van der Waals surface area contributed by atoms with Gasteiger partial charge in [-0.05, 0) is 31.2 Å². The minimum absolute atomic E-state index is 0.0224. The topological polar surface area (TPSA) is 83.3 Å². The van der Waals surface area contributed by atoms with E-state index in [-0.39, 0.29) is 34.7 Å². The largest absolute Gasteiger partial charge is 0.456 e. The monoisotopic (exact) mass is 450 g/mol. The molecule has 0 saturated heterocycles. The maximum Gasteiger partial charge on any atom is 0.416 e. The second-order valence-electron chi connectivity index (χ2n) is 5.87. The number of methoxy groups -OCH3 is 1. The number of hydrogen-bond donors (Lipinski definition) is 0. The molecule has 12 heteroatoms. The van der Waals surface area contributed by atoms with Crippen LogP contribution in [0.4, 0.5) is 24.5 Å². The van der Waals surface area contributed by atoms with E-state index in [1.807, 2.05) is 0 Å². The summed E-state index contributed by atoms with van der Waals surface area (Å²) in [5, 5.41) is 12.1. The fourth-order valence-electron chi connectivity index (χ4n) is 2.20. The predicted molar refractivity (Wildman–Crippen MR) is 102 cm³/mol. The minimum Gasteiger partial charge on any atom is -0.456 e. The summed E-state index contributed by atoms with van der Waals surface area (Å²) in [6, 6.07) is 6.34. The molecule has 164 valence electrons. The predicted octanol–water partition coefficient (Wildman–Crippen LogP) is 5.39. The van der Waals surface area contributed by atoms with Gasteiger partial charge in [-0.3, -0.25) is 10.1 Å². The van der Waals surface area contributed by atoms with Gasteiger partial charge in [-0.15, -0.1) is 0 Å². The molecule has 0 bridgehead atoms. The number of alkyl halides is 3. The molecule has 0 fully saturated rings. The zero-order valence-electron chi connectivity index (χ0n) is 16.1. The van der Waals surface area contributed by atoms with Crippen LogP contribution in [0.25, 0.3) is 0 Å². The third-order valence-electron chi connectivity index (χ3n) is 3.85. The maximum absolute atomic E-state index is 12.8. The van der Waals surface area contributed by atoms with Gasteiger partial charge in [-0.25, -0.2) is 9.90 Å². The first kappa shape index (κ1) is 23.7. The number of nitro benzene ring substituents is 1. The van der Waals surface area contributed by atoms with Crippen LogP contribution in [0.15, 0.2) is 36.4 Å². The lowest BCUT2D eigenvalue weighted by atomic mass is 10.2. The molecule has 0 saturated carbocycles. The van der Waals surface area contributed by atoms with Crippen molar-refractivity contribution in [3.8, 4) is 11.5 Å². The van der Waals surface area contributed by atoms with Crippen LogP contribution < -0.4 is 9.80 Å². The van der Waals surface area contributed by atoms with Crippen molar-refractivity contribution in [3.63, 3.8) is 0 Å². The lowest BCUT2D eigenvalue weighted by molar-refractivity contribution is -0.384. The number of anilines is 1. The summed E-state index contributed by atoms with van der Waals surface area (Å²) in [4.78, 5) is 16.0. The first-order valence-corrected chi connectivity index (χ1v) is 8.74. The summed E-state index contributed by atoms with van der Waals surface area (Å²) in [5.41, 5.74) is -1.19. The summed E-state index contributed by atoms with van der Waals surface area (Å²) in [7, 11) is 2.85. The number of hydroxylamine groups is 1. The van der Waals surface area contributed by atoms with Crippen LogP contribution in [0, 0.1) is 10.1 Å². The molecule has 1 atom stereocenters. The molecule has 1 unspecified atom stereocenters. The molecule has 0 amide bonds. The molecule has 0 aliphatic rings. The van der Waals surface area contributed by atoms with Crippen molar-refractivity contribution >= 4 is 23.0 Å². The smallest absolute Gasteiger partial charge is 0.416 e. The number of halogens is 4. The van der Waals surface area contributed by atoms with E-state index in [0.717, 1.165) is 23.3 Å². The number of nitro groups is 1. The molecule has 2 rings (SSSR count). The van der Waals surface area contributed by atoms with Crippen LogP contribution in [0.2, 0.25) is 5.02 Å². The quantitative estimate of drug-likeness (QED) is 0.287. The fraction of sp³-hybridized carbons (Fsp3) is 0.333. The molecular weight excluding hydrogens is 433 g/mol. The Morgan fingerprint density at radius 2 is 1.93 bits per heavy atom. The summed E-state index contributed by atoms with van der Waals surface area (Å²) in [6.45, 7) is 1.38. The maximum atomic E-state index is 12.8. The van der Waals surface area contributed by atoms with Gasteiger partial charge in [-0.2, -0.15) is 13.2 Å². The Hall–Kier alpha value is -2.60. The van der Waals surface area contributed by atoms with Gasteiger partial charge in [0.1, 0.15) is 17.2 Å². The Bertz CT molecular complexity index is 897. The number of benzene rings is 2. The molecule has 0 heterocycles. The molecular formula is C18H18ClF3N2O6. The van der Waals surface area contributed by atoms with E-state index >= 15 is 0 Å². The molecule has 2 aromatic rings. The summed E-state index contributed by atoms with van der Waals surface area (Å²) in [6.07, 6.45) is -5.10.